The van der Waals surface area contributed by atoms with Crippen LogP contribution < -0.4 is 0 Å². The average Bonchev–Trinajstić information content (AvgIpc) is 3.47. The lowest BCUT2D eigenvalue weighted by Gasteiger charge is -2.21. The van der Waals surface area contributed by atoms with Gasteiger partial charge in [-0.2, -0.15) is 0 Å². The highest BCUT2D eigenvalue weighted by Crippen LogP contribution is 2.42. The molecule has 0 spiro atoms. The molecular formula is C49H88NO7P. The maximum atomic E-state index is 13.0. The number of fused-ring (bicyclic) bond motifs is 1. The lowest BCUT2D eigenvalue weighted by molar-refractivity contribution is -0.0403. The normalized spacial score (nSPS) is 14.4. The Hall–Kier alpha value is -1.57. The fourth-order valence-electron chi connectivity index (χ4n) is 7.94. The fourth-order valence-corrected chi connectivity index (χ4v) is 8.93. The van der Waals surface area contributed by atoms with E-state index in [1.54, 1.807) is 24.3 Å². The van der Waals surface area contributed by atoms with Crippen LogP contribution in [0, 0.1) is 0 Å². The van der Waals surface area contributed by atoms with Crippen LogP contribution >= 0.6 is 7.60 Å². The first kappa shape index (κ1) is 52.6. The Kier molecular flexibility index (Phi) is 32.7. The molecule has 1 N–H and O–H groups in total. The van der Waals surface area contributed by atoms with Crippen LogP contribution in [0.4, 0.5) is 0 Å². The van der Waals surface area contributed by atoms with Crippen molar-refractivity contribution in [3.8, 4) is 0 Å². The summed E-state index contributed by atoms with van der Waals surface area (Å²) in [7, 11) is -4.08. The number of amides is 2. The number of nitrogens with zero attached hydrogens (tertiary/aromatic N) is 1. The summed E-state index contributed by atoms with van der Waals surface area (Å²) in [5.41, 5.74) is 0.649. The van der Waals surface area contributed by atoms with Gasteiger partial charge < -0.3 is 18.9 Å². The molecule has 1 aromatic rings. The van der Waals surface area contributed by atoms with Crippen molar-refractivity contribution in [3.63, 3.8) is 0 Å². The molecule has 0 aromatic heterocycles. The second-order valence-corrected chi connectivity index (χ2v) is 19.1. The first-order valence-electron chi connectivity index (χ1n) is 24.5. The first-order valence-corrected chi connectivity index (χ1v) is 26.3. The number of hydrogen-bond acceptors (Lipinski definition) is 6. The van der Waals surface area contributed by atoms with Crippen LogP contribution in [-0.4, -0.2) is 66.8 Å². The molecule has 9 heteroatoms. The molecule has 0 radical (unpaired) electrons. The lowest BCUT2D eigenvalue weighted by atomic mass is 10.0. The minimum Gasteiger partial charge on any atom is -0.379 e. The van der Waals surface area contributed by atoms with Gasteiger partial charge in [0.2, 0.25) is 0 Å². The van der Waals surface area contributed by atoms with Crippen LogP contribution in [0.1, 0.15) is 240 Å². The van der Waals surface area contributed by atoms with E-state index in [4.69, 9.17) is 14.0 Å². The third-order valence-corrected chi connectivity index (χ3v) is 13.1. The number of carbonyl (C=O) groups excluding carboxylic acids is 2. The van der Waals surface area contributed by atoms with Crippen LogP contribution in [0.15, 0.2) is 24.3 Å². The van der Waals surface area contributed by atoms with E-state index in [2.05, 4.69) is 13.8 Å². The highest BCUT2D eigenvalue weighted by Gasteiger charge is 2.36. The van der Waals surface area contributed by atoms with Crippen molar-refractivity contribution in [2.75, 3.05) is 39.1 Å². The Morgan fingerprint density at radius 1 is 0.517 bits per heavy atom. The van der Waals surface area contributed by atoms with E-state index in [0.29, 0.717) is 30.9 Å². The summed E-state index contributed by atoms with van der Waals surface area (Å²) in [5.74, 6) is -0.883. The number of carbonyl (C=O) groups is 2. The van der Waals surface area contributed by atoms with Crippen molar-refractivity contribution >= 4 is 19.4 Å². The zero-order chi connectivity index (χ0) is 41.8. The molecule has 336 valence electrons. The number of imide groups is 1. The van der Waals surface area contributed by atoms with E-state index in [9.17, 15) is 19.0 Å². The van der Waals surface area contributed by atoms with Gasteiger partial charge in [-0.3, -0.25) is 19.1 Å². The molecule has 1 aliphatic heterocycles. The molecule has 0 bridgehead atoms. The van der Waals surface area contributed by atoms with Crippen LogP contribution in [0.2, 0.25) is 0 Å². The molecule has 8 nitrogen and oxygen atoms in total. The van der Waals surface area contributed by atoms with Crippen molar-refractivity contribution in [3.05, 3.63) is 35.4 Å². The van der Waals surface area contributed by atoms with Gasteiger partial charge in [0, 0.05) is 19.8 Å². The zero-order valence-corrected chi connectivity index (χ0v) is 38.4. The number of hydrogen-bond donors (Lipinski definition) is 1. The van der Waals surface area contributed by atoms with Crippen LogP contribution in [0.5, 0.6) is 0 Å². The van der Waals surface area contributed by atoms with E-state index < -0.39 is 25.5 Å². The van der Waals surface area contributed by atoms with Gasteiger partial charge in [0.1, 0.15) is 6.10 Å². The second-order valence-electron chi connectivity index (χ2n) is 17.1. The van der Waals surface area contributed by atoms with E-state index in [-0.39, 0.29) is 19.3 Å². The largest absolute Gasteiger partial charge is 0.379 e. The standard InChI is InChI=1S/C49H88NO7P/c1-3-5-7-9-11-13-15-17-19-21-23-25-27-29-31-35-40-55-43-45(56-41-36-32-30-28-26-24-22-20-18-16-14-12-10-8-6-4-2)44-57-58(53,54)42-39-50-48(51)46-37-33-34-38-47(46)49(50)52/h33-34,37-38,45H,3-32,35-36,39-44H2,1-2H3,(H,53,54)/t45-/m1/s1. The van der Waals surface area contributed by atoms with E-state index in [1.165, 1.54) is 180 Å². The first-order chi connectivity index (χ1) is 28.4. The van der Waals surface area contributed by atoms with Crippen LogP contribution in [-0.2, 0) is 18.6 Å². The molecule has 1 aromatic carbocycles. The highest BCUT2D eigenvalue weighted by atomic mass is 31.2. The highest BCUT2D eigenvalue weighted by molar-refractivity contribution is 7.52. The third-order valence-electron chi connectivity index (χ3n) is 11.7. The molecule has 1 unspecified atom stereocenters. The molecular weight excluding hydrogens is 746 g/mol. The Morgan fingerprint density at radius 3 is 1.24 bits per heavy atom. The molecule has 2 amide bonds. The van der Waals surface area contributed by atoms with Crippen molar-refractivity contribution in [2.24, 2.45) is 0 Å². The van der Waals surface area contributed by atoms with Crippen molar-refractivity contribution in [1.82, 2.24) is 4.90 Å². The summed E-state index contributed by atoms with van der Waals surface area (Å²) in [4.78, 5) is 37.1. The summed E-state index contributed by atoms with van der Waals surface area (Å²) in [6.45, 7) is 5.79. The van der Waals surface area contributed by atoms with Crippen molar-refractivity contribution in [2.45, 2.75) is 225 Å². The quantitative estimate of drug-likeness (QED) is 0.0397. The molecule has 2 rings (SSSR count). The predicted octanol–water partition coefficient (Wildman–Crippen LogP) is 14.4. The van der Waals surface area contributed by atoms with Gasteiger partial charge in [0.15, 0.2) is 0 Å². The van der Waals surface area contributed by atoms with Gasteiger partial charge in [-0.1, -0.05) is 219 Å². The molecule has 58 heavy (non-hydrogen) atoms. The summed E-state index contributed by atoms with van der Waals surface area (Å²) in [6, 6.07) is 6.62. The van der Waals surface area contributed by atoms with Gasteiger partial charge in [-0.15, -0.1) is 0 Å². The Labute approximate surface area is 356 Å². The van der Waals surface area contributed by atoms with Crippen molar-refractivity contribution in [1.29, 1.82) is 0 Å². The lowest BCUT2D eigenvalue weighted by Crippen LogP contribution is -2.33. The molecule has 0 aliphatic carbocycles. The monoisotopic (exact) mass is 834 g/mol. The zero-order valence-electron chi connectivity index (χ0n) is 37.5. The van der Waals surface area contributed by atoms with Gasteiger partial charge in [-0.25, -0.2) is 0 Å². The summed E-state index contributed by atoms with van der Waals surface area (Å²) in [6.07, 6.45) is 41.4. The smallest absolute Gasteiger partial charge is 0.330 e. The van der Waals surface area contributed by atoms with Gasteiger partial charge in [-0.05, 0) is 25.0 Å². The maximum Gasteiger partial charge on any atom is 0.330 e. The summed E-state index contributed by atoms with van der Waals surface area (Å²) < 4.78 is 30.7. The van der Waals surface area contributed by atoms with E-state index in [1.807, 2.05) is 0 Å². The molecule has 1 aliphatic rings. The summed E-state index contributed by atoms with van der Waals surface area (Å²) >= 11 is 0. The maximum absolute atomic E-state index is 13.0. The number of ether oxygens (including phenoxy) is 2. The Balaban J connectivity index is 1.59. The molecule has 1 heterocycles. The Bertz CT molecular complexity index is 1160. The van der Waals surface area contributed by atoms with Gasteiger partial charge in [0.05, 0.1) is 30.5 Å². The second kappa shape index (κ2) is 36.1. The summed E-state index contributed by atoms with van der Waals surface area (Å²) in [5, 5.41) is 0. The number of benzene rings is 1. The van der Waals surface area contributed by atoms with Crippen molar-refractivity contribution < 1.29 is 33.0 Å². The van der Waals surface area contributed by atoms with Gasteiger partial charge >= 0.3 is 7.60 Å². The minimum atomic E-state index is -4.08. The molecule has 2 atom stereocenters. The molecule has 0 saturated carbocycles. The number of rotatable bonds is 43. The topological polar surface area (TPSA) is 102 Å². The van der Waals surface area contributed by atoms with Gasteiger partial charge in [0.25, 0.3) is 11.8 Å². The minimum absolute atomic E-state index is 0.0757. The molecule has 0 fully saturated rings. The molecule has 0 saturated heterocycles. The SMILES string of the molecule is CCCCCCCCCCCCCCCCCCOC[C@H](COP(=O)(O)CCN1C(=O)c2ccccc2C1=O)OCCCCCCCCCCCCCCCCCC. The Morgan fingerprint density at radius 2 is 0.862 bits per heavy atom. The fraction of sp³-hybridized carbons (Fsp3) is 0.837. The number of unbranched alkanes of at least 4 members (excludes halogenated alkanes) is 30. The predicted molar refractivity (Wildman–Crippen MR) is 242 cm³/mol. The third kappa shape index (κ3) is 26.6. The average molecular weight is 834 g/mol. The van der Waals surface area contributed by atoms with Crippen LogP contribution in [0.25, 0.3) is 0 Å². The van der Waals surface area contributed by atoms with E-state index in [0.717, 1.165) is 30.6 Å². The van der Waals surface area contributed by atoms with Crippen LogP contribution in [0.3, 0.4) is 0 Å². The van der Waals surface area contributed by atoms with E-state index >= 15 is 0 Å².